The Hall–Kier alpha value is -1.72. The predicted octanol–water partition coefficient (Wildman–Crippen LogP) is 4.32. The highest BCUT2D eigenvalue weighted by Gasteiger charge is 2.20. The third-order valence-electron chi connectivity index (χ3n) is 5.53. The zero-order valence-electron chi connectivity index (χ0n) is 19.2. The van der Waals surface area contributed by atoms with Gasteiger partial charge in [0.25, 0.3) is 5.22 Å². The van der Waals surface area contributed by atoms with Gasteiger partial charge in [0, 0.05) is 54.5 Å². The SMILES string of the molecule is CSc1cc(C)cc(SC)c1NC(=O)CN1CCN(CCSc2nc3ncccc3o2)CC1. The van der Waals surface area contributed by atoms with Crippen molar-refractivity contribution in [1.82, 2.24) is 19.8 Å². The van der Waals surface area contributed by atoms with Crippen molar-refractivity contribution in [3.8, 4) is 0 Å². The average Bonchev–Trinajstić information content (AvgIpc) is 3.23. The maximum Gasteiger partial charge on any atom is 0.258 e. The molecule has 0 bridgehead atoms. The Morgan fingerprint density at radius 2 is 1.82 bits per heavy atom. The molecule has 3 aromatic rings. The summed E-state index contributed by atoms with van der Waals surface area (Å²) < 4.78 is 5.72. The molecule has 1 fully saturated rings. The summed E-state index contributed by atoms with van der Waals surface area (Å²) >= 11 is 4.96. The molecule has 1 saturated heterocycles. The molecule has 0 spiro atoms. The van der Waals surface area contributed by atoms with Gasteiger partial charge in [0.15, 0.2) is 11.2 Å². The number of nitrogens with one attached hydrogen (secondary N) is 1. The molecule has 1 aromatic carbocycles. The van der Waals surface area contributed by atoms with Crippen molar-refractivity contribution in [3.05, 3.63) is 36.0 Å². The van der Waals surface area contributed by atoms with Crippen molar-refractivity contribution in [3.63, 3.8) is 0 Å². The number of oxazole rings is 1. The van der Waals surface area contributed by atoms with Gasteiger partial charge in [-0.2, -0.15) is 4.98 Å². The van der Waals surface area contributed by atoms with Crippen molar-refractivity contribution in [2.75, 3.05) is 62.8 Å². The van der Waals surface area contributed by atoms with E-state index in [1.165, 1.54) is 5.56 Å². The van der Waals surface area contributed by atoms with Crippen LogP contribution in [0, 0.1) is 6.92 Å². The smallest absolute Gasteiger partial charge is 0.258 e. The Kier molecular flexibility index (Phi) is 8.59. The summed E-state index contributed by atoms with van der Waals surface area (Å²) in [7, 11) is 0. The van der Waals surface area contributed by atoms with Crippen LogP contribution in [0.2, 0.25) is 0 Å². The molecule has 0 atom stereocenters. The summed E-state index contributed by atoms with van der Waals surface area (Å²) in [6, 6.07) is 8.01. The van der Waals surface area contributed by atoms with Gasteiger partial charge < -0.3 is 9.73 Å². The van der Waals surface area contributed by atoms with E-state index in [1.807, 2.05) is 24.6 Å². The van der Waals surface area contributed by atoms with Gasteiger partial charge in [-0.3, -0.25) is 14.6 Å². The first-order valence-corrected chi connectivity index (χ1v) is 14.3. The number of rotatable bonds is 9. The number of nitrogens with zero attached hydrogens (tertiary/aromatic N) is 4. The molecule has 3 heterocycles. The van der Waals surface area contributed by atoms with Crippen LogP contribution >= 0.6 is 35.3 Å². The van der Waals surface area contributed by atoms with E-state index in [1.54, 1.807) is 41.5 Å². The van der Waals surface area contributed by atoms with E-state index in [0.29, 0.717) is 17.4 Å². The lowest BCUT2D eigenvalue weighted by atomic mass is 10.2. The van der Waals surface area contributed by atoms with Gasteiger partial charge in [-0.1, -0.05) is 11.8 Å². The number of carbonyl (C=O) groups excluding carboxylic acids is 1. The minimum Gasteiger partial charge on any atom is -0.430 e. The second-order valence-electron chi connectivity index (χ2n) is 7.86. The standard InChI is InChI=1S/C23H29N5O2S3/c1-16-13-18(31-2)21(19(14-16)32-3)25-20(29)15-28-9-7-27(8-10-28)11-12-33-23-26-22-17(30-23)5-4-6-24-22/h4-6,13-14H,7-12,15H2,1-3H3,(H,25,29). The summed E-state index contributed by atoms with van der Waals surface area (Å²) in [5.74, 6) is 0.966. The molecule has 0 unspecified atom stereocenters. The number of hydrogen-bond acceptors (Lipinski definition) is 9. The third-order valence-corrected chi connectivity index (χ3v) is 7.86. The van der Waals surface area contributed by atoms with Gasteiger partial charge in [0.1, 0.15) is 0 Å². The average molecular weight is 504 g/mol. The lowest BCUT2D eigenvalue weighted by Gasteiger charge is -2.34. The number of aryl methyl sites for hydroxylation is 1. The molecule has 33 heavy (non-hydrogen) atoms. The Bertz CT molecular complexity index is 1040. The highest BCUT2D eigenvalue weighted by molar-refractivity contribution is 7.99. The Morgan fingerprint density at radius 3 is 2.48 bits per heavy atom. The van der Waals surface area contributed by atoms with E-state index in [-0.39, 0.29) is 5.91 Å². The molecule has 4 rings (SSSR count). The number of benzene rings is 1. The monoisotopic (exact) mass is 503 g/mol. The fourth-order valence-corrected chi connectivity index (χ4v) is 6.02. The van der Waals surface area contributed by atoms with E-state index in [2.05, 4.69) is 44.1 Å². The van der Waals surface area contributed by atoms with Gasteiger partial charge in [-0.25, -0.2) is 4.98 Å². The maximum absolute atomic E-state index is 12.8. The van der Waals surface area contributed by atoms with Crippen LogP contribution in [0.15, 0.2) is 49.9 Å². The molecule has 2 aromatic heterocycles. The molecular weight excluding hydrogens is 474 g/mol. The first-order chi connectivity index (χ1) is 16.1. The highest BCUT2D eigenvalue weighted by atomic mass is 32.2. The molecular formula is C23H29N5O2S3. The van der Waals surface area contributed by atoms with E-state index >= 15 is 0 Å². The van der Waals surface area contributed by atoms with Gasteiger partial charge >= 0.3 is 0 Å². The van der Waals surface area contributed by atoms with Crippen LogP contribution in [-0.2, 0) is 4.79 Å². The number of carbonyl (C=O) groups is 1. The topological polar surface area (TPSA) is 74.5 Å². The van der Waals surface area contributed by atoms with Crippen LogP contribution in [0.4, 0.5) is 5.69 Å². The second kappa shape index (κ2) is 11.6. The Morgan fingerprint density at radius 1 is 1.12 bits per heavy atom. The predicted molar refractivity (Wildman–Crippen MR) is 139 cm³/mol. The van der Waals surface area contributed by atoms with Crippen molar-refractivity contribution in [1.29, 1.82) is 0 Å². The fourth-order valence-electron chi connectivity index (χ4n) is 3.79. The van der Waals surface area contributed by atoms with Crippen LogP contribution in [0.1, 0.15) is 5.56 Å². The van der Waals surface area contributed by atoms with Gasteiger partial charge in [0.05, 0.1) is 12.2 Å². The van der Waals surface area contributed by atoms with Gasteiger partial charge in [-0.05, 0) is 49.3 Å². The number of hydrogen-bond donors (Lipinski definition) is 1. The zero-order chi connectivity index (χ0) is 23.2. The molecule has 10 heteroatoms. The third kappa shape index (κ3) is 6.45. The number of fused-ring (bicyclic) bond motifs is 1. The van der Waals surface area contributed by atoms with E-state index in [9.17, 15) is 4.79 Å². The first kappa shape index (κ1) is 24.4. The van der Waals surface area contributed by atoms with Crippen LogP contribution in [0.5, 0.6) is 0 Å². The first-order valence-electron chi connectivity index (χ1n) is 10.9. The molecule has 0 aliphatic carbocycles. The molecule has 176 valence electrons. The lowest BCUT2D eigenvalue weighted by Crippen LogP contribution is -2.49. The zero-order valence-corrected chi connectivity index (χ0v) is 21.6. The number of thioether (sulfide) groups is 3. The molecule has 0 radical (unpaired) electrons. The molecule has 1 aliphatic rings. The molecule has 1 aliphatic heterocycles. The largest absolute Gasteiger partial charge is 0.430 e. The van der Waals surface area contributed by atoms with E-state index in [0.717, 1.165) is 59.5 Å². The lowest BCUT2D eigenvalue weighted by molar-refractivity contribution is -0.117. The molecule has 1 amide bonds. The van der Waals surface area contributed by atoms with Crippen LogP contribution in [-0.4, -0.2) is 83.2 Å². The Balaban J connectivity index is 1.21. The summed E-state index contributed by atoms with van der Waals surface area (Å²) in [6.45, 7) is 7.18. The number of anilines is 1. The fraction of sp³-hybridized carbons (Fsp3) is 0.435. The number of amides is 1. The van der Waals surface area contributed by atoms with E-state index < -0.39 is 0 Å². The van der Waals surface area contributed by atoms with Crippen molar-refractivity contribution in [2.45, 2.75) is 21.9 Å². The van der Waals surface area contributed by atoms with Crippen LogP contribution in [0.3, 0.4) is 0 Å². The summed E-state index contributed by atoms with van der Waals surface area (Å²) in [5.41, 5.74) is 3.54. The minimum absolute atomic E-state index is 0.0537. The normalized spacial score (nSPS) is 15.2. The van der Waals surface area contributed by atoms with E-state index in [4.69, 9.17) is 4.42 Å². The molecule has 7 nitrogen and oxygen atoms in total. The van der Waals surface area contributed by atoms with Crippen molar-refractivity contribution >= 4 is 58.1 Å². The van der Waals surface area contributed by atoms with Gasteiger partial charge in [-0.15, -0.1) is 23.5 Å². The van der Waals surface area contributed by atoms with Crippen molar-refractivity contribution in [2.24, 2.45) is 0 Å². The van der Waals surface area contributed by atoms with Gasteiger partial charge in [0.2, 0.25) is 5.91 Å². The second-order valence-corrected chi connectivity index (χ2v) is 10.6. The number of piperazine rings is 1. The summed E-state index contributed by atoms with van der Waals surface area (Å²) in [6.07, 6.45) is 5.82. The molecule has 1 N–H and O–H groups in total. The maximum atomic E-state index is 12.8. The van der Waals surface area contributed by atoms with Crippen molar-refractivity contribution < 1.29 is 9.21 Å². The minimum atomic E-state index is 0.0537. The summed E-state index contributed by atoms with van der Waals surface area (Å²) in [4.78, 5) is 28.3. The highest BCUT2D eigenvalue weighted by Crippen LogP contribution is 2.35. The quantitative estimate of drug-likeness (QED) is 0.430. The van der Waals surface area contributed by atoms with Crippen LogP contribution < -0.4 is 5.32 Å². The number of aromatic nitrogens is 2. The van der Waals surface area contributed by atoms with Crippen LogP contribution in [0.25, 0.3) is 11.2 Å². The molecule has 0 saturated carbocycles. The Labute approximate surface area is 207 Å². The number of pyridine rings is 1. The summed E-state index contributed by atoms with van der Waals surface area (Å²) in [5, 5.41) is 3.84.